The first-order valence-electron chi connectivity index (χ1n) is 9.70. The first-order chi connectivity index (χ1) is 13.9. The number of hydrogen-bond acceptors (Lipinski definition) is 4. The van der Waals surface area contributed by atoms with E-state index in [1.54, 1.807) is 6.20 Å². The quantitative estimate of drug-likeness (QED) is 0.689. The largest absolute Gasteiger partial charge is 0.416 e. The van der Waals surface area contributed by atoms with Gasteiger partial charge in [0.05, 0.1) is 17.5 Å². The third kappa shape index (κ3) is 4.32. The zero-order valence-corrected chi connectivity index (χ0v) is 16.1. The Morgan fingerprint density at radius 1 is 1.14 bits per heavy atom. The lowest BCUT2D eigenvalue weighted by Crippen LogP contribution is -2.31. The Kier molecular flexibility index (Phi) is 5.36. The van der Waals surface area contributed by atoms with Crippen molar-refractivity contribution in [2.24, 2.45) is 0 Å². The second kappa shape index (κ2) is 7.94. The van der Waals surface area contributed by atoms with E-state index < -0.39 is 11.7 Å². The van der Waals surface area contributed by atoms with Crippen LogP contribution in [0.1, 0.15) is 41.6 Å². The molecule has 0 aliphatic carbocycles. The number of benzene rings is 1. The van der Waals surface area contributed by atoms with Crippen LogP contribution in [0.2, 0.25) is 0 Å². The molecule has 1 N–H and O–H groups in total. The molecular formula is C21H22F3N5. The van der Waals surface area contributed by atoms with Crippen LogP contribution in [0.25, 0.3) is 11.3 Å². The third-order valence-electron chi connectivity index (χ3n) is 5.15. The number of fused-ring (bicyclic) bond motifs is 1. The molecule has 0 saturated carbocycles. The highest BCUT2D eigenvalue weighted by atomic mass is 19.4. The number of rotatable bonds is 5. The van der Waals surface area contributed by atoms with E-state index in [9.17, 15) is 13.2 Å². The minimum atomic E-state index is -4.34. The van der Waals surface area contributed by atoms with Crippen LogP contribution in [-0.2, 0) is 32.1 Å². The Morgan fingerprint density at radius 2 is 1.93 bits per heavy atom. The van der Waals surface area contributed by atoms with E-state index in [1.807, 2.05) is 6.20 Å². The summed E-state index contributed by atoms with van der Waals surface area (Å²) in [5.74, 6) is 0.902. The van der Waals surface area contributed by atoms with Gasteiger partial charge in [0, 0.05) is 55.5 Å². The minimum absolute atomic E-state index is 0.655. The molecule has 29 heavy (non-hydrogen) atoms. The zero-order valence-electron chi connectivity index (χ0n) is 16.1. The molecule has 0 bridgehead atoms. The lowest BCUT2D eigenvalue weighted by atomic mass is 10.0. The van der Waals surface area contributed by atoms with Gasteiger partial charge in [0.15, 0.2) is 0 Å². The molecule has 0 fully saturated rings. The molecule has 1 aliphatic heterocycles. The van der Waals surface area contributed by atoms with E-state index in [0.717, 1.165) is 72.8 Å². The van der Waals surface area contributed by atoms with Gasteiger partial charge in [0.2, 0.25) is 0 Å². The van der Waals surface area contributed by atoms with Gasteiger partial charge >= 0.3 is 6.18 Å². The maximum absolute atomic E-state index is 12.8. The molecule has 4 rings (SSSR count). The molecule has 0 unspecified atom stereocenters. The van der Waals surface area contributed by atoms with Crippen LogP contribution in [0.3, 0.4) is 0 Å². The third-order valence-corrected chi connectivity index (χ3v) is 5.15. The molecule has 0 saturated heterocycles. The molecule has 1 aromatic carbocycles. The van der Waals surface area contributed by atoms with Crippen molar-refractivity contribution in [1.82, 2.24) is 25.1 Å². The fourth-order valence-corrected chi connectivity index (χ4v) is 3.64. The first kappa shape index (κ1) is 19.6. The highest BCUT2D eigenvalue weighted by molar-refractivity contribution is 5.63. The van der Waals surface area contributed by atoms with Crippen molar-refractivity contribution in [3.05, 3.63) is 64.9 Å². The van der Waals surface area contributed by atoms with Gasteiger partial charge in [-0.3, -0.25) is 10.00 Å². The summed E-state index contributed by atoms with van der Waals surface area (Å²) in [6.07, 6.45) is 2.10. The van der Waals surface area contributed by atoms with Crippen LogP contribution in [0.4, 0.5) is 13.2 Å². The van der Waals surface area contributed by atoms with Gasteiger partial charge in [0.1, 0.15) is 5.82 Å². The van der Waals surface area contributed by atoms with Gasteiger partial charge in [-0.25, -0.2) is 9.97 Å². The van der Waals surface area contributed by atoms with Crippen LogP contribution in [-0.4, -0.2) is 31.6 Å². The summed E-state index contributed by atoms with van der Waals surface area (Å²) in [7, 11) is 0. The lowest BCUT2D eigenvalue weighted by Gasteiger charge is -2.28. The van der Waals surface area contributed by atoms with Crippen molar-refractivity contribution in [3.63, 3.8) is 0 Å². The number of aryl methyl sites for hydroxylation is 1. The second-order valence-corrected chi connectivity index (χ2v) is 7.31. The fraction of sp³-hybridized carbons (Fsp3) is 0.381. The molecule has 0 amide bonds. The summed E-state index contributed by atoms with van der Waals surface area (Å²) in [5.41, 5.74) is 3.99. The summed E-state index contributed by atoms with van der Waals surface area (Å²) in [5, 5.41) is 7.04. The number of aromatic amines is 1. The predicted octanol–water partition coefficient (Wildman–Crippen LogP) is 4.40. The molecule has 1 aliphatic rings. The van der Waals surface area contributed by atoms with Crippen LogP contribution in [0.5, 0.6) is 0 Å². The molecule has 152 valence electrons. The molecule has 5 nitrogen and oxygen atoms in total. The predicted molar refractivity (Wildman–Crippen MR) is 103 cm³/mol. The summed E-state index contributed by atoms with van der Waals surface area (Å²) in [6.45, 7) is 4.39. The van der Waals surface area contributed by atoms with E-state index in [-0.39, 0.29) is 0 Å². The smallest absolute Gasteiger partial charge is 0.294 e. The molecule has 0 radical (unpaired) electrons. The Morgan fingerprint density at radius 3 is 2.66 bits per heavy atom. The van der Waals surface area contributed by atoms with Gasteiger partial charge in [-0.1, -0.05) is 19.1 Å². The molecule has 0 atom stereocenters. The van der Waals surface area contributed by atoms with E-state index in [0.29, 0.717) is 12.1 Å². The van der Waals surface area contributed by atoms with Crippen LogP contribution in [0, 0.1) is 0 Å². The summed E-state index contributed by atoms with van der Waals surface area (Å²) < 4.78 is 38.4. The van der Waals surface area contributed by atoms with E-state index in [2.05, 4.69) is 32.0 Å². The molecule has 3 aromatic rings. The molecule has 2 aromatic heterocycles. The van der Waals surface area contributed by atoms with Crippen LogP contribution < -0.4 is 0 Å². The van der Waals surface area contributed by atoms with Gasteiger partial charge in [-0.05, 0) is 24.1 Å². The van der Waals surface area contributed by atoms with Crippen molar-refractivity contribution in [1.29, 1.82) is 0 Å². The monoisotopic (exact) mass is 401 g/mol. The second-order valence-electron chi connectivity index (χ2n) is 7.31. The summed E-state index contributed by atoms with van der Waals surface area (Å²) in [6, 6.07) is 5.16. The van der Waals surface area contributed by atoms with Gasteiger partial charge in [-0.2, -0.15) is 18.3 Å². The molecule has 3 heterocycles. The number of alkyl halides is 3. The topological polar surface area (TPSA) is 57.7 Å². The SMILES string of the molecule is CCCc1ncc2c(n1)CCN(Cc1cn[nH]c1-c1ccc(C(F)(F)F)cc1)C2. The van der Waals surface area contributed by atoms with E-state index in [4.69, 9.17) is 0 Å². The number of nitrogens with one attached hydrogen (secondary N) is 1. The number of halogens is 3. The van der Waals surface area contributed by atoms with E-state index >= 15 is 0 Å². The lowest BCUT2D eigenvalue weighted by molar-refractivity contribution is -0.137. The highest BCUT2D eigenvalue weighted by Gasteiger charge is 2.30. The van der Waals surface area contributed by atoms with Crippen molar-refractivity contribution >= 4 is 0 Å². The van der Waals surface area contributed by atoms with Gasteiger partial charge < -0.3 is 0 Å². The standard InChI is InChI=1S/C21H22F3N5/c1-2-3-19-25-10-15-12-29(9-8-18(15)27-19)13-16-11-26-28-20(16)14-4-6-17(7-5-14)21(22,23)24/h4-7,10-11H,2-3,8-9,12-13H2,1H3,(H,26,28). The Balaban J connectivity index is 1.48. The Hall–Kier alpha value is -2.74. The van der Waals surface area contributed by atoms with Crippen LogP contribution >= 0.6 is 0 Å². The Labute approximate surface area is 167 Å². The van der Waals surface area contributed by atoms with Crippen molar-refractivity contribution in [2.75, 3.05) is 6.54 Å². The van der Waals surface area contributed by atoms with Gasteiger partial charge in [-0.15, -0.1) is 0 Å². The average molecular weight is 401 g/mol. The summed E-state index contributed by atoms with van der Waals surface area (Å²) in [4.78, 5) is 11.4. The minimum Gasteiger partial charge on any atom is -0.294 e. The Bertz CT molecular complexity index is 979. The van der Waals surface area contributed by atoms with Crippen molar-refractivity contribution < 1.29 is 13.2 Å². The van der Waals surface area contributed by atoms with Crippen molar-refractivity contribution in [2.45, 2.75) is 45.5 Å². The highest BCUT2D eigenvalue weighted by Crippen LogP contribution is 2.31. The number of aromatic nitrogens is 4. The zero-order chi connectivity index (χ0) is 20.4. The molecule has 8 heteroatoms. The maximum atomic E-state index is 12.8. The first-order valence-corrected chi connectivity index (χ1v) is 9.70. The number of hydrogen-bond donors (Lipinski definition) is 1. The summed E-state index contributed by atoms with van der Waals surface area (Å²) >= 11 is 0. The normalized spacial score (nSPS) is 14.8. The molecule has 0 spiro atoms. The molecular weight excluding hydrogens is 379 g/mol. The number of nitrogens with zero attached hydrogens (tertiary/aromatic N) is 4. The van der Waals surface area contributed by atoms with E-state index in [1.165, 1.54) is 12.1 Å². The number of H-pyrrole nitrogens is 1. The average Bonchev–Trinajstić information content (AvgIpc) is 3.16. The van der Waals surface area contributed by atoms with Gasteiger partial charge in [0.25, 0.3) is 0 Å². The van der Waals surface area contributed by atoms with Crippen molar-refractivity contribution in [3.8, 4) is 11.3 Å². The fourth-order valence-electron chi connectivity index (χ4n) is 3.64. The maximum Gasteiger partial charge on any atom is 0.416 e. The van der Waals surface area contributed by atoms with Crippen LogP contribution in [0.15, 0.2) is 36.7 Å².